The number of fused-ring (bicyclic) bond motifs is 1. The fraction of sp³-hybridized carbons (Fsp3) is 0.409. The molecule has 0 fully saturated rings. The number of nitrogens with zero attached hydrogens (tertiary/aromatic N) is 3. The quantitative estimate of drug-likeness (QED) is 0.682. The molecule has 4 rings (SSSR count). The second-order valence-electron chi connectivity index (χ2n) is 7.23. The zero-order valence-electron chi connectivity index (χ0n) is 16.1. The summed E-state index contributed by atoms with van der Waals surface area (Å²) in [5.74, 6) is 3.77. The second-order valence-corrected chi connectivity index (χ2v) is 7.23. The minimum Gasteiger partial charge on any atom is -0.461 e. The van der Waals surface area contributed by atoms with E-state index in [1.165, 1.54) is 19.3 Å². The molecule has 1 aliphatic heterocycles. The lowest BCUT2D eigenvalue weighted by Gasteiger charge is -2.07. The number of amides is 1. The Morgan fingerprint density at radius 3 is 2.82 bits per heavy atom. The number of hydrogen-bond acceptors (Lipinski definition) is 4. The van der Waals surface area contributed by atoms with Gasteiger partial charge in [0.15, 0.2) is 0 Å². The lowest BCUT2D eigenvalue weighted by Crippen LogP contribution is -2.26. The van der Waals surface area contributed by atoms with Gasteiger partial charge >= 0.3 is 0 Å². The first-order chi connectivity index (χ1) is 13.8. The standard InChI is InChI=1S/C22H26N4O2/c27-22(13-11-18-10-12-19(28-18)17-7-3-1-4-8-17)23-15-14-21-25-24-20-9-5-2-6-16-26(20)21/h1,3-4,7-8,10,12H,2,5-6,9,11,13-16H2,(H,23,27). The number of benzene rings is 1. The molecule has 2 aromatic heterocycles. The van der Waals surface area contributed by atoms with Gasteiger partial charge in [0.05, 0.1) is 0 Å². The molecule has 0 saturated carbocycles. The zero-order chi connectivity index (χ0) is 19.2. The minimum atomic E-state index is 0.0354. The number of carbonyl (C=O) groups is 1. The van der Waals surface area contributed by atoms with Crippen LogP contribution in [0.1, 0.15) is 43.1 Å². The van der Waals surface area contributed by atoms with E-state index in [0.29, 0.717) is 19.4 Å². The normalized spacial score (nSPS) is 13.7. The molecule has 1 aliphatic rings. The van der Waals surface area contributed by atoms with Crippen molar-refractivity contribution < 1.29 is 9.21 Å². The molecule has 0 radical (unpaired) electrons. The van der Waals surface area contributed by atoms with E-state index in [2.05, 4.69) is 20.1 Å². The number of carbonyl (C=O) groups excluding carboxylic acids is 1. The number of aryl methyl sites for hydroxylation is 2. The highest BCUT2D eigenvalue weighted by atomic mass is 16.3. The molecule has 0 spiro atoms. The van der Waals surface area contributed by atoms with Gasteiger partial charge in [0.2, 0.25) is 5.91 Å². The van der Waals surface area contributed by atoms with Crippen LogP contribution in [0.5, 0.6) is 0 Å². The van der Waals surface area contributed by atoms with Crippen molar-refractivity contribution >= 4 is 5.91 Å². The Bertz CT molecular complexity index is 914. The van der Waals surface area contributed by atoms with E-state index in [1.54, 1.807) is 0 Å². The van der Waals surface area contributed by atoms with Crippen LogP contribution in [-0.2, 0) is 30.6 Å². The van der Waals surface area contributed by atoms with Crippen LogP contribution in [0.2, 0.25) is 0 Å². The van der Waals surface area contributed by atoms with Crippen LogP contribution in [0.3, 0.4) is 0 Å². The fourth-order valence-corrected chi connectivity index (χ4v) is 3.64. The van der Waals surface area contributed by atoms with Gasteiger partial charge in [-0.25, -0.2) is 0 Å². The van der Waals surface area contributed by atoms with Crippen LogP contribution in [0.15, 0.2) is 46.9 Å². The third-order valence-electron chi connectivity index (χ3n) is 5.18. The van der Waals surface area contributed by atoms with Crippen molar-refractivity contribution in [2.24, 2.45) is 0 Å². The van der Waals surface area contributed by atoms with E-state index in [0.717, 1.165) is 48.1 Å². The Morgan fingerprint density at radius 2 is 1.93 bits per heavy atom. The molecular weight excluding hydrogens is 352 g/mol. The highest BCUT2D eigenvalue weighted by Gasteiger charge is 2.14. The first kappa shape index (κ1) is 18.5. The molecule has 0 saturated heterocycles. The number of hydrogen-bond donors (Lipinski definition) is 1. The van der Waals surface area contributed by atoms with Gasteiger partial charge in [-0.3, -0.25) is 4.79 Å². The Balaban J connectivity index is 1.22. The van der Waals surface area contributed by atoms with Crippen LogP contribution in [-0.4, -0.2) is 27.2 Å². The van der Waals surface area contributed by atoms with E-state index in [-0.39, 0.29) is 5.91 Å². The molecule has 0 bridgehead atoms. The summed E-state index contributed by atoms with van der Waals surface area (Å²) in [6, 6.07) is 13.9. The van der Waals surface area contributed by atoms with Crippen molar-refractivity contribution in [3.8, 4) is 11.3 Å². The summed E-state index contributed by atoms with van der Waals surface area (Å²) in [4.78, 5) is 12.2. The van der Waals surface area contributed by atoms with Crippen molar-refractivity contribution in [2.45, 2.75) is 51.5 Å². The lowest BCUT2D eigenvalue weighted by molar-refractivity contribution is -0.121. The number of aromatic nitrogens is 3. The fourth-order valence-electron chi connectivity index (χ4n) is 3.64. The van der Waals surface area contributed by atoms with Crippen LogP contribution < -0.4 is 5.32 Å². The topological polar surface area (TPSA) is 73.0 Å². The SMILES string of the molecule is O=C(CCc1ccc(-c2ccccc2)o1)NCCc1nnc2n1CCCCC2. The number of furan rings is 1. The smallest absolute Gasteiger partial charge is 0.220 e. The summed E-state index contributed by atoms with van der Waals surface area (Å²) in [5, 5.41) is 11.6. The maximum atomic E-state index is 12.2. The molecule has 3 heterocycles. The largest absolute Gasteiger partial charge is 0.461 e. The van der Waals surface area contributed by atoms with Crippen LogP contribution in [0, 0.1) is 0 Å². The van der Waals surface area contributed by atoms with E-state index in [1.807, 2.05) is 42.5 Å². The summed E-state index contributed by atoms with van der Waals surface area (Å²) in [6.07, 6.45) is 6.36. The number of nitrogens with one attached hydrogen (secondary N) is 1. The third kappa shape index (κ3) is 4.50. The molecule has 146 valence electrons. The van der Waals surface area contributed by atoms with Gasteiger partial charge in [-0.1, -0.05) is 36.8 Å². The molecule has 0 unspecified atom stereocenters. The number of rotatable bonds is 7. The summed E-state index contributed by atoms with van der Waals surface area (Å²) in [7, 11) is 0. The van der Waals surface area contributed by atoms with Crippen molar-refractivity contribution in [1.82, 2.24) is 20.1 Å². The van der Waals surface area contributed by atoms with Crippen molar-refractivity contribution in [2.75, 3.05) is 6.54 Å². The first-order valence-corrected chi connectivity index (χ1v) is 10.1. The van der Waals surface area contributed by atoms with Gasteiger partial charge < -0.3 is 14.3 Å². The molecule has 1 amide bonds. The van der Waals surface area contributed by atoms with E-state index >= 15 is 0 Å². The zero-order valence-corrected chi connectivity index (χ0v) is 16.1. The second kappa shape index (κ2) is 8.87. The van der Waals surface area contributed by atoms with Gasteiger partial charge in [-0.05, 0) is 25.0 Å². The van der Waals surface area contributed by atoms with Crippen LogP contribution >= 0.6 is 0 Å². The van der Waals surface area contributed by atoms with Crippen molar-refractivity contribution in [3.63, 3.8) is 0 Å². The Kier molecular flexibility index (Phi) is 5.85. The molecule has 1 N–H and O–H groups in total. The van der Waals surface area contributed by atoms with Gasteiger partial charge in [-0.15, -0.1) is 10.2 Å². The summed E-state index contributed by atoms with van der Waals surface area (Å²) in [5.41, 5.74) is 1.05. The van der Waals surface area contributed by atoms with Crippen molar-refractivity contribution in [1.29, 1.82) is 0 Å². The average molecular weight is 378 g/mol. The van der Waals surface area contributed by atoms with Crippen LogP contribution in [0.25, 0.3) is 11.3 Å². The maximum absolute atomic E-state index is 12.2. The van der Waals surface area contributed by atoms with Crippen LogP contribution in [0.4, 0.5) is 0 Å². The first-order valence-electron chi connectivity index (χ1n) is 10.1. The minimum absolute atomic E-state index is 0.0354. The lowest BCUT2D eigenvalue weighted by atomic mass is 10.2. The molecule has 1 aromatic carbocycles. The Hall–Kier alpha value is -2.89. The highest BCUT2D eigenvalue weighted by Crippen LogP contribution is 2.22. The van der Waals surface area contributed by atoms with Gasteiger partial charge in [0, 0.05) is 44.3 Å². The molecule has 3 aromatic rings. The van der Waals surface area contributed by atoms with E-state index in [4.69, 9.17) is 4.42 Å². The van der Waals surface area contributed by atoms with Gasteiger partial charge in [-0.2, -0.15) is 0 Å². The summed E-state index contributed by atoms with van der Waals surface area (Å²) < 4.78 is 8.09. The van der Waals surface area contributed by atoms with Gasteiger partial charge in [0.1, 0.15) is 23.2 Å². The predicted octanol–water partition coefficient (Wildman–Crippen LogP) is 3.56. The Labute approximate surface area is 165 Å². The maximum Gasteiger partial charge on any atom is 0.220 e. The molecule has 0 atom stereocenters. The van der Waals surface area contributed by atoms with Crippen molar-refractivity contribution in [3.05, 3.63) is 59.9 Å². The monoisotopic (exact) mass is 378 g/mol. The molecule has 6 heteroatoms. The van der Waals surface area contributed by atoms with E-state index < -0.39 is 0 Å². The highest BCUT2D eigenvalue weighted by molar-refractivity contribution is 5.76. The average Bonchev–Trinajstić information content (AvgIpc) is 3.28. The molecule has 6 nitrogen and oxygen atoms in total. The third-order valence-corrected chi connectivity index (χ3v) is 5.18. The summed E-state index contributed by atoms with van der Waals surface area (Å²) >= 11 is 0. The molecule has 0 aliphatic carbocycles. The molecule has 28 heavy (non-hydrogen) atoms. The Morgan fingerprint density at radius 1 is 1.04 bits per heavy atom. The van der Waals surface area contributed by atoms with E-state index in [9.17, 15) is 4.79 Å². The van der Waals surface area contributed by atoms with Gasteiger partial charge in [0.25, 0.3) is 0 Å². The summed E-state index contributed by atoms with van der Waals surface area (Å²) in [6.45, 7) is 1.58. The molecular formula is C22H26N4O2. The predicted molar refractivity (Wildman–Crippen MR) is 107 cm³/mol.